The number of hydrogen-bond donors (Lipinski definition) is 2. The average molecular weight is 351 g/mol. The molecule has 1 fully saturated rings. The predicted octanol–water partition coefficient (Wildman–Crippen LogP) is 3.19. The third kappa shape index (κ3) is 2.96. The van der Waals surface area contributed by atoms with Crippen LogP contribution in [0.15, 0.2) is 30.6 Å². The lowest BCUT2D eigenvalue weighted by atomic mass is 10.0. The summed E-state index contributed by atoms with van der Waals surface area (Å²) in [6, 6.07) is 5.59. The number of carbonyl (C=O) groups is 1. The fourth-order valence-corrected chi connectivity index (χ4v) is 2.94. The van der Waals surface area contributed by atoms with Crippen LogP contribution in [-0.4, -0.2) is 27.0 Å². The molecule has 3 heterocycles. The van der Waals surface area contributed by atoms with Crippen LogP contribution >= 0.6 is 0 Å². The zero-order chi connectivity index (χ0) is 18.4. The Balaban J connectivity index is 1.74. The second-order valence-electron chi connectivity index (χ2n) is 6.67. The molecule has 132 valence electrons. The Kier molecular flexibility index (Phi) is 3.79. The van der Waals surface area contributed by atoms with Crippen molar-refractivity contribution in [1.82, 2.24) is 15.0 Å². The van der Waals surface area contributed by atoms with E-state index in [0.717, 1.165) is 27.9 Å². The molecule has 0 aromatic carbocycles. The van der Waals surface area contributed by atoms with E-state index in [4.69, 9.17) is 5.73 Å². The van der Waals surface area contributed by atoms with Gasteiger partial charge in [0.15, 0.2) is 0 Å². The van der Waals surface area contributed by atoms with Gasteiger partial charge in [-0.05, 0) is 49.4 Å². The highest BCUT2D eigenvalue weighted by Gasteiger charge is 2.43. The van der Waals surface area contributed by atoms with E-state index in [2.05, 4.69) is 20.3 Å². The number of pyridine rings is 3. The first kappa shape index (κ1) is 16.4. The van der Waals surface area contributed by atoms with Crippen molar-refractivity contribution in [2.75, 3.05) is 11.1 Å². The molecule has 3 N–H and O–H groups in total. The number of aryl methyl sites for hydroxylation is 2. The van der Waals surface area contributed by atoms with Gasteiger partial charge in [-0.3, -0.25) is 9.78 Å². The molecule has 1 saturated carbocycles. The fraction of sp³-hybridized carbons (Fsp3) is 0.263. The van der Waals surface area contributed by atoms with E-state index < -0.39 is 12.1 Å². The normalized spacial score (nSPS) is 18.7. The van der Waals surface area contributed by atoms with Crippen LogP contribution in [0.4, 0.5) is 16.0 Å². The summed E-state index contributed by atoms with van der Waals surface area (Å²) in [4.78, 5) is 24.9. The van der Waals surface area contributed by atoms with Crippen molar-refractivity contribution < 1.29 is 9.18 Å². The second kappa shape index (κ2) is 6.01. The maximum Gasteiger partial charge on any atom is 0.231 e. The SMILES string of the molecule is Cc1cc(-c2cc3cc(NC(=O)[C@@H]4C[C@@H]4F)ncc3c(N)n2)c(C)cn1. The molecule has 0 saturated heterocycles. The molecule has 4 rings (SSSR count). The van der Waals surface area contributed by atoms with E-state index in [-0.39, 0.29) is 12.3 Å². The molecule has 26 heavy (non-hydrogen) atoms. The minimum absolute atomic E-state index is 0.279. The summed E-state index contributed by atoms with van der Waals surface area (Å²) in [5.41, 5.74) is 9.67. The van der Waals surface area contributed by atoms with Gasteiger partial charge in [-0.15, -0.1) is 0 Å². The molecule has 6 nitrogen and oxygen atoms in total. The molecule has 3 aromatic heterocycles. The third-order valence-electron chi connectivity index (χ3n) is 4.56. The molecule has 0 unspecified atom stereocenters. The van der Waals surface area contributed by atoms with Gasteiger partial charge in [-0.1, -0.05) is 0 Å². The Bertz CT molecular complexity index is 1040. The quantitative estimate of drug-likeness (QED) is 0.756. The Morgan fingerprint density at radius 2 is 2.00 bits per heavy atom. The van der Waals surface area contributed by atoms with Crippen LogP contribution < -0.4 is 11.1 Å². The Morgan fingerprint density at radius 3 is 2.73 bits per heavy atom. The molecular formula is C19H18FN5O. The first-order chi connectivity index (χ1) is 12.4. The van der Waals surface area contributed by atoms with Gasteiger partial charge in [-0.25, -0.2) is 14.4 Å². The summed E-state index contributed by atoms with van der Waals surface area (Å²) in [5.74, 6) is -0.163. The van der Waals surface area contributed by atoms with E-state index in [0.29, 0.717) is 17.0 Å². The Morgan fingerprint density at radius 1 is 1.23 bits per heavy atom. The van der Waals surface area contributed by atoms with Gasteiger partial charge in [0, 0.05) is 29.0 Å². The molecule has 1 aliphatic carbocycles. The highest BCUT2D eigenvalue weighted by Crippen LogP contribution is 2.35. The highest BCUT2D eigenvalue weighted by molar-refractivity contribution is 5.98. The van der Waals surface area contributed by atoms with E-state index in [1.54, 1.807) is 18.5 Å². The topological polar surface area (TPSA) is 93.8 Å². The van der Waals surface area contributed by atoms with Crippen molar-refractivity contribution in [3.63, 3.8) is 0 Å². The number of amides is 1. The van der Waals surface area contributed by atoms with Crippen molar-refractivity contribution in [2.45, 2.75) is 26.4 Å². The van der Waals surface area contributed by atoms with Crippen molar-refractivity contribution >= 4 is 28.3 Å². The third-order valence-corrected chi connectivity index (χ3v) is 4.56. The van der Waals surface area contributed by atoms with Crippen molar-refractivity contribution in [2.24, 2.45) is 5.92 Å². The number of nitrogens with two attached hydrogens (primary N) is 1. The van der Waals surface area contributed by atoms with Gasteiger partial charge >= 0.3 is 0 Å². The minimum Gasteiger partial charge on any atom is -0.383 e. The number of aromatic nitrogens is 3. The van der Waals surface area contributed by atoms with Gasteiger partial charge < -0.3 is 11.1 Å². The molecule has 1 aliphatic rings. The molecule has 0 radical (unpaired) electrons. The summed E-state index contributed by atoms with van der Waals surface area (Å²) in [6.45, 7) is 3.88. The number of halogens is 1. The maximum atomic E-state index is 13.0. The van der Waals surface area contributed by atoms with Crippen LogP contribution in [0, 0.1) is 19.8 Å². The first-order valence-corrected chi connectivity index (χ1v) is 8.37. The molecule has 2 atom stereocenters. The van der Waals surface area contributed by atoms with Crippen LogP contribution in [0.1, 0.15) is 17.7 Å². The Labute approximate surface area is 149 Å². The van der Waals surface area contributed by atoms with Crippen LogP contribution in [0.25, 0.3) is 22.0 Å². The molecule has 0 bridgehead atoms. The van der Waals surface area contributed by atoms with E-state index in [9.17, 15) is 9.18 Å². The maximum absolute atomic E-state index is 13.0. The highest BCUT2D eigenvalue weighted by atomic mass is 19.1. The predicted molar refractivity (Wildman–Crippen MR) is 98.3 cm³/mol. The second-order valence-corrected chi connectivity index (χ2v) is 6.67. The van der Waals surface area contributed by atoms with Crippen molar-refractivity contribution in [1.29, 1.82) is 0 Å². The van der Waals surface area contributed by atoms with Gasteiger partial charge in [-0.2, -0.15) is 0 Å². The summed E-state index contributed by atoms with van der Waals surface area (Å²) in [5, 5.41) is 4.17. The van der Waals surface area contributed by atoms with Crippen LogP contribution in [-0.2, 0) is 4.79 Å². The molecule has 1 amide bonds. The molecular weight excluding hydrogens is 333 g/mol. The number of rotatable bonds is 3. The van der Waals surface area contributed by atoms with E-state index in [1.165, 1.54) is 0 Å². The van der Waals surface area contributed by atoms with Gasteiger partial charge in [0.1, 0.15) is 17.8 Å². The lowest BCUT2D eigenvalue weighted by molar-refractivity contribution is -0.117. The largest absolute Gasteiger partial charge is 0.383 e. The van der Waals surface area contributed by atoms with Crippen molar-refractivity contribution in [3.8, 4) is 11.3 Å². The van der Waals surface area contributed by atoms with Crippen LogP contribution in [0.2, 0.25) is 0 Å². The van der Waals surface area contributed by atoms with Gasteiger partial charge in [0.25, 0.3) is 0 Å². The molecule has 0 spiro atoms. The number of fused-ring (bicyclic) bond motifs is 1. The summed E-state index contributed by atoms with van der Waals surface area (Å²) in [7, 11) is 0. The monoisotopic (exact) mass is 351 g/mol. The van der Waals surface area contributed by atoms with E-state index >= 15 is 0 Å². The number of hydrogen-bond acceptors (Lipinski definition) is 5. The molecule has 3 aromatic rings. The number of nitrogen functional groups attached to an aromatic ring is 1. The zero-order valence-electron chi connectivity index (χ0n) is 14.5. The van der Waals surface area contributed by atoms with Crippen molar-refractivity contribution in [3.05, 3.63) is 41.9 Å². The summed E-state index contributed by atoms with van der Waals surface area (Å²) in [6.07, 6.45) is 2.61. The lowest BCUT2D eigenvalue weighted by Crippen LogP contribution is -2.15. The summed E-state index contributed by atoms with van der Waals surface area (Å²) >= 11 is 0. The number of carbonyl (C=O) groups excluding carboxylic acids is 1. The molecule has 7 heteroatoms. The Hall–Kier alpha value is -3.09. The smallest absolute Gasteiger partial charge is 0.231 e. The van der Waals surface area contributed by atoms with Crippen LogP contribution in [0.3, 0.4) is 0 Å². The van der Waals surface area contributed by atoms with Gasteiger partial charge in [0.05, 0.1) is 11.6 Å². The summed E-state index contributed by atoms with van der Waals surface area (Å²) < 4.78 is 13.0. The van der Waals surface area contributed by atoms with E-state index in [1.807, 2.05) is 26.0 Å². The zero-order valence-corrected chi connectivity index (χ0v) is 14.5. The lowest BCUT2D eigenvalue weighted by Gasteiger charge is -2.10. The standard InChI is InChI=1S/C19H18FN5O/c1-9-7-22-10(2)3-12(9)16-4-11-5-17(23-8-14(11)18(21)24-16)25-19(26)13-6-15(13)20/h3-5,7-8,13,15H,6H2,1-2H3,(H2,21,24)(H,23,25,26)/t13-,15+/m1/s1. The number of nitrogens with zero attached hydrogens (tertiary/aromatic N) is 3. The fourth-order valence-electron chi connectivity index (χ4n) is 2.94. The number of alkyl halides is 1. The van der Waals surface area contributed by atoms with Crippen LogP contribution in [0.5, 0.6) is 0 Å². The number of anilines is 2. The van der Waals surface area contributed by atoms with Gasteiger partial charge in [0.2, 0.25) is 5.91 Å². The average Bonchev–Trinajstić information content (AvgIpc) is 3.33. The number of nitrogens with one attached hydrogen (secondary N) is 1. The first-order valence-electron chi connectivity index (χ1n) is 8.37. The minimum atomic E-state index is -1.04. The molecule has 0 aliphatic heterocycles.